The van der Waals surface area contributed by atoms with Crippen LogP contribution in [0.1, 0.15) is 44.2 Å². The van der Waals surface area contributed by atoms with Crippen molar-refractivity contribution in [1.82, 2.24) is 10.2 Å². The first kappa shape index (κ1) is 25.7. The molecule has 1 aliphatic heterocycles. The number of nitriles is 1. The summed E-state index contributed by atoms with van der Waals surface area (Å²) in [4.78, 5) is 27.7. The maximum absolute atomic E-state index is 13.7. The van der Waals surface area contributed by atoms with Crippen LogP contribution in [0.15, 0.2) is 72.8 Å². The molecule has 1 aliphatic rings. The fourth-order valence-corrected chi connectivity index (χ4v) is 4.39. The number of likely N-dealkylation sites (tertiary alicyclic amines) is 1. The van der Waals surface area contributed by atoms with E-state index >= 15 is 0 Å². The van der Waals surface area contributed by atoms with Crippen molar-refractivity contribution in [3.05, 3.63) is 101 Å². The summed E-state index contributed by atoms with van der Waals surface area (Å²) in [6.45, 7) is 0.417. The Morgan fingerprint density at radius 1 is 1.03 bits per heavy atom. The zero-order valence-corrected chi connectivity index (χ0v) is 19.3. The standard InChI is InChI=1S/C27H21F4N3O3/c28-22-11-10-18(14-19(22)15-32)26(36)34-13-12-23(21(16-34)17-6-2-1-3-7-17)33-25(35)20-8-4-5-9-24(20)37-27(29,30)31/h1-11,14,21,23H,12-13,16H2,(H,33,35)/t21-,23-/m1/s1. The van der Waals surface area contributed by atoms with Crippen molar-refractivity contribution in [3.8, 4) is 11.8 Å². The third kappa shape index (κ3) is 6.06. The molecule has 1 heterocycles. The lowest BCUT2D eigenvalue weighted by Gasteiger charge is -2.39. The number of nitrogens with zero attached hydrogens (tertiary/aromatic N) is 2. The van der Waals surface area contributed by atoms with Crippen molar-refractivity contribution < 1.29 is 31.9 Å². The van der Waals surface area contributed by atoms with Gasteiger partial charge < -0.3 is 15.0 Å². The summed E-state index contributed by atoms with van der Waals surface area (Å²) in [5.41, 5.74) is 0.472. The Bertz CT molecular complexity index is 1340. The Morgan fingerprint density at radius 3 is 2.43 bits per heavy atom. The summed E-state index contributed by atoms with van der Waals surface area (Å²) in [5.74, 6) is -2.85. The van der Waals surface area contributed by atoms with E-state index in [9.17, 15) is 27.2 Å². The number of ether oxygens (including phenoxy) is 1. The van der Waals surface area contributed by atoms with Gasteiger partial charge in [0, 0.05) is 30.6 Å². The Labute approximate surface area is 210 Å². The molecule has 4 rings (SSSR count). The molecule has 0 bridgehead atoms. The van der Waals surface area contributed by atoms with E-state index in [0.29, 0.717) is 6.42 Å². The van der Waals surface area contributed by atoms with Crippen LogP contribution in [0.5, 0.6) is 5.75 Å². The zero-order valence-electron chi connectivity index (χ0n) is 19.3. The maximum Gasteiger partial charge on any atom is 0.573 e. The number of alkyl halides is 3. The largest absolute Gasteiger partial charge is 0.573 e. The van der Waals surface area contributed by atoms with Gasteiger partial charge in [-0.15, -0.1) is 13.2 Å². The summed E-state index contributed by atoms with van der Waals surface area (Å²) >= 11 is 0. The van der Waals surface area contributed by atoms with Crippen LogP contribution in [0.25, 0.3) is 0 Å². The molecular formula is C27H21F4N3O3. The zero-order chi connectivity index (χ0) is 26.6. The lowest BCUT2D eigenvalue weighted by Crippen LogP contribution is -2.51. The summed E-state index contributed by atoms with van der Waals surface area (Å²) < 4.78 is 56.2. The fourth-order valence-electron chi connectivity index (χ4n) is 4.39. The highest BCUT2D eigenvalue weighted by molar-refractivity contribution is 5.97. The Kier molecular flexibility index (Phi) is 7.43. The van der Waals surface area contributed by atoms with Crippen LogP contribution in [-0.2, 0) is 0 Å². The van der Waals surface area contributed by atoms with Gasteiger partial charge in [0.2, 0.25) is 0 Å². The molecule has 2 atom stereocenters. The van der Waals surface area contributed by atoms with E-state index < -0.39 is 35.8 Å². The maximum atomic E-state index is 13.7. The predicted octanol–water partition coefficient (Wildman–Crippen LogP) is 5.02. The van der Waals surface area contributed by atoms with Gasteiger partial charge in [-0.1, -0.05) is 42.5 Å². The van der Waals surface area contributed by atoms with Crippen LogP contribution in [0.3, 0.4) is 0 Å². The third-order valence-electron chi connectivity index (χ3n) is 6.14. The predicted molar refractivity (Wildman–Crippen MR) is 125 cm³/mol. The first-order valence-corrected chi connectivity index (χ1v) is 11.4. The van der Waals surface area contributed by atoms with Crippen molar-refractivity contribution in [1.29, 1.82) is 5.26 Å². The molecule has 1 N–H and O–H groups in total. The molecular weight excluding hydrogens is 490 g/mol. The second kappa shape index (κ2) is 10.7. The molecule has 0 unspecified atom stereocenters. The molecule has 0 radical (unpaired) electrons. The summed E-state index contributed by atoms with van der Waals surface area (Å²) in [5, 5.41) is 11.9. The van der Waals surface area contributed by atoms with Crippen molar-refractivity contribution in [2.24, 2.45) is 0 Å². The van der Waals surface area contributed by atoms with Crippen LogP contribution < -0.4 is 10.1 Å². The monoisotopic (exact) mass is 511 g/mol. The Morgan fingerprint density at radius 2 is 1.73 bits per heavy atom. The minimum absolute atomic E-state index is 0.158. The van der Waals surface area contributed by atoms with Gasteiger partial charge in [-0.05, 0) is 42.3 Å². The second-order valence-electron chi connectivity index (χ2n) is 8.49. The normalized spacial score (nSPS) is 17.5. The average molecular weight is 511 g/mol. The van der Waals surface area contributed by atoms with Crippen molar-refractivity contribution >= 4 is 11.8 Å². The fraction of sp³-hybridized carbons (Fsp3) is 0.222. The van der Waals surface area contributed by atoms with Gasteiger partial charge in [-0.2, -0.15) is 5.26 Å². The number of piperidine rings is 1. The van der Waals surface area contributed by atoms with Crippen molar-refractivity contribution in [2.45, 2.75) is 24.7 Å². The van der Waals surface area contributed by atoms with Gasteiger partial charge in [0.05, 0.1) is 11.1 Å². The lowest BCUT2D eigenvalue weighted by atomic mass is 9.85. The van der Waals surface area contributed by atoms with Crippen molar-refractivity contribution in [2.75, 3.05) is 13.1 Å². The SMILES string of the molecule is N#Cc1cc(C(=O)N2CC[C@@H](NC(=O)c3ccccc3OC(F)(F)F)[C@@H](c3ccccc3)C2)ccc1F. The van der Waals surface area contributed by atoms with E-state index in [0.717, 1.165) is 17.7 Å². The summed E-state index contributed by atoms with van der Waals surface area (Å²) in [6.07, 6.45) is -4.65. The van der Waals surface area contributed by atoms with E-state index in [2.05, 4.69) is 10.1 Å². The number of halogens is 4. The molecule has 0 saturated carbocycles. The number of benzene rings is 3. The third-order valence-corrected chi connectivity index (χ3v) is 6.14. The summed E-state index contributed by atoms with van der Waals surface area (Å²) in [6, 6.07) is 19.0. The van der Waals surface area contributed by atoms with E-state index in [1.54, 1.807) is 23.1 Å². The van der Waals surface area contributed by atoms with E-state index in [4.69, 9.17) is 5.26 Å². The minimum Gasteiger partial charge on any atom is -0.405 e. The first-order chi connectivity index (χ1) is 17.7. The van der Waals surface area contributed by atoms with Crippen LogP contribution >= 0.6 is 0 Å². The highest BCUT2D eigenvalue weighted by atomic mass is 19.4. The number of carbonyl (C=O) groups is 2. The molecule has 3 aromatic carbocycles. The van der Waals surface area contributed by atoms with Gasteiger partial charge in [0.25, 0.3) is 11.8 Å². The van der Waals surface area contributed by atoms with Gasteiger partial charge in [-0.3, -0.25) is 9.59 Å². The molecule has 0 aliphatic carbocycles. The molecule has 1 saturated heterocycles. The first-order valence-electron chi connectivity index (χ1n) is 11.4. The number of hydrogen-bond acceptors (Lipinski definition) is 4. The molecule has 0 aromatic heterocycles. The van der Waals surface area contributed by atoms with Crippen LogP contribution in [0.2, 0.25) is 0 Å². The topological polar surface area (TPSA) is 82.4 Å². The van der Waals surface area contributed by atoms with Gasteiger partial charge in [-0.25, -0.2) is 4.39 Å². The lowest BCUT2D eigenvalue weighted by molar-refractivity contribution is -0.274. The van der Waals surface area contributed by atoms with Crippen LogP contribution in [-0.4, -0.2) is 42.2 Å². The highest BCUT2D eigenvalue weighted by Crippen LogP contribution is 2.31. The smallest absolute Gasteiger partial charge is 0.405 e. The van der Waals surface area contributed by atoms with Crippen LogP contribution in [0.4, 0.5) is 17.6 Å². The molecule has 1 fully saturated rings. The number of hydrogen-bond donors (Lipinski definition) is 1. The highest BCUT2D eigenvalue weighted by Gasteiger charge is 2.36. The molecule has 2 amide bonds. The number of carbonyl (C=O) groups excluding carboxylic acids is 2. The number of amides is 2. The molecule has 190 valence electrons. The minimum atomic E-state index is -4.96. The Balaban J connectivity index is 1.57. The quantitative estimate of drug-likeness (QED) is 0.488. The van der Waals surface area contributed by atoms with Gasteiger partial charge in [0.1, 0.15) is 17.6 Å². The molecule has 10 heteroatoms. The van der Waals surface area contributed by atoms with E-state index in [1.807, 2.05) is 18.2 Å². The molecule has 6 nitrogen and oxygen atoms in total. The van der Waals surface area contributed by atoms with Crippen molar-refractivity contribution in [3.63, 3.8) is 0 Å². The van der Waals surface area contributed by atoms with E-state index in [1.165, 1.54) is 30.3 Å². The second-order valence-corrected chi connectivity index (χ2v) is 8.49. The van der Waals surface area contributed by atoms with Gasteiger partial charge in [0.15, 0.2) is 0 Å². The van der Waals surface area contributed by atoms with Gasteiger partial charge >= 0.3 is 6.36 Å². The number of para-hydroxylation sites is 1. The number of nitrogens with one attached hydrogen (secondary N) is 1. The van der Waals surface area contributed by atoms with Crippen LogP contribution in [0, 0.1) is 17.1 Å². The number of rotatable bonds is 5. The molecule has 3 aromatic rings. The van der Waals surface area contributed by atoms with E-state index in [-0.39, 0.29) is 35.7 Å². The summed E-state index contributed by atoms with van der Waals surface area (Å²) in [7, 11) is 0. The Hall–Kier alpha value is -4.39. The average Bonchev–Trinajstić information content (AvgIpc) is 2.88. The molecule has 0 spiro atoms. The molecule has 37 heavy (non-hydrogen) atoms.